The number of alkyl halides is 7. The van der Waals surface area contributed by atoms with Gasteiger partial charge in [0.25, 0.3) is 0 Å². The van der Waals surface area contributed by atoms with Crippen molar-refractivity contribution in [2.24, 2.45) is 0 Å². The molecule has 0 heterocycles. The summed E-state index contributed by atoms with van der Waals surface area (Å²) in [5, 5.41) is 1.27. The highest BCUT2D eigenvalue weighted by atomic mass is 35.5. The first kappa shape index (κ1) is 22.6. The van der Waals surface area contributed by atoms with Crippen molar-refractivity contribution in [3.05, 3.63) is 64.7 Å². The first-order chi connectivity index (χ1) is 13.2. The fourth-order valence-electron chi connectivity index (χ4n) is 2.10. The molecule has 0 unspecified atom stereocenters. The van der Waals surface area contributed by atoms with Gasteiger partial charge in [0.05, 0.1) is 5.69 Å². The normalized spacial score (nSPS) is 12.6. The van der Waals surface area contributed by atoms with Crippen molar-refractivity contribution in [3.63, 3.8) is 0 Å². The van der Waals surface area contributed by atoms with Crippen molar-refractivity contribution in [2.75, 3.05) is 5.32 Å². The van der Waals surface area contributed by atoms with Crippen LogP contribution in [0.25, 0.3) is 0 Å². The molecule has 0 spiro atoms. The first-order valence-electron chi connectivity index (χ1n) is 7.48. The van der Waals surface area contributed by atoms with Crippen LogP contribution in [0.4, 0.5) is 36.4 Å². The van der Waals surface area contributed by atoms with Gasteiger partial charge in [-0.05, 0) is 18.2 Å². The van der Waals surface area contributed by atoms with Gasteiger partial charge in [0.2, 0.25) is 0 Å². The van der Waals surface area contributed by atoms with Crippen LogP contribution in [0, 0.1) is 0 Å². The van der Waals surface area contributed by atoms with Gasteiger partial charge in [0.1, 0.15) is 0 Å². The molecule has 0 saturated carbocycles. The highest BCUT2D eigenvalue weighted by molar-refractivity contribution is 6.31. The number of benzene rings is 2. The Kier molecular flexibility index (Phi) is 6.24. The maximum Gasteiger partial charge on any atom is 0.527 e. The van der Waals surface area contributed by atoms with E-state index in [2.05, 4.69) is 4.74 Å². The number of hydrogen-bond donors (Lipinski definition) is 1. The second kappa shape index (κ2) is 7.99. The van der Waals surface area contributed by atoms with Crippen molar-refractivity contribution in [1.29, 1.82) is 0 Å². The van der Waals surface area contributed by atoms with E-state index in [1.165, 1.54) is 29.6 Å². The van der Waals surface area contributed by atoms with E-state index in [0.29, 0.717) is 0 Å². The molecule has 0 bridgehead atoms. The zero-order chi connectivity index (χ0) is 22.0. The lowest BCUT2D eigenvalue weighted by atomic mass is 10.0. The molecule has 2 aromatic carbocycles. The van der Waals surface area contributed by atoms with Gasteiger partial charge < -0.3 is 5.32 Å². The Morgan fingerprint density at radius 1 is 0.897 bits per heavy atom. The molecular weight excluding hydrogens is 435 g/mol. The minimum absolute atomic E-state index is 0.0442. The quantitative estimate of drug-likeness (QED) is 0.488. The van der Waals surface area contributed by atoms with E-state index >= 15 is 0 Å². The summed E-state index contributed by atoms with van der Waals surface area (Å²) >= 11 is 5.74. The third-order valence-electron chi connectivity index (χ3n) is 3.41. The summed E-state index contributed by atoms with van der Waals surface area (Å²) in [7, 11) is 0. The van der Waals surface area contributed by atoms with Crippen LogP contribution in [0.3, 0.4) is 0 Å². The fourth-order valence-corrected chi connectivity index (χ4v) is 2.27. The lowest BCUT2D eigenvalue weighted by molar-refractivity contribution is -0.457. The number of carbonyl (C=O) groups excluding carboxylic acids is 2. The van der Waals surface area contributed by atoms with E-state index in [9.17, 15) is 40.3 Å². The van der Waals surface area contributed by atoms with Gasteiger partial charge >= 0.3 is 24.3 Å². The molecule has 0 aliphatic heterocycles. The zero-order valence-corrected chi connectivity index (χ0v) is 14.6. The Morgan fingerprint density at radius 3 is 2.03 bits per heavy atom. The van der Waals surface area contributed by atoms with Crippen molar-refractivity contribution >= 4 is 29.0 Å². The van der Waals surface area contributed by atoms with Gasteiger partial charge in [-0.2, -0.15) is 17.6 Å². The second-order valence-corrected chi connectivity index (χ2v) is 5.91. The van der Waals surface area contributed by atoms with Gasteiger partial charge in [-0.1, -0.05) is 41.9 Å². The number of amides is 1. The van der Waals surface area contributed by atoms with Crippen molar-refractivity contribution < 1.29 is 45.1 Å². The Balaban J connectivity index is 2.37. The molecule has 156 valence electrons. The molecule has 1 amide bonds. The smallest absolute Gasteiger partial charge is 0.320 e. The monoisotopic (exact) mass is 443 g/mol. The topological polar surface area (TPSA) is 55.4 Å². The average molecular weight is 444 g/mol. The van der Waals surface area contributed by atoms with Gasteiger partial charge in [-0.3, -0.25) is 9.59 Å². The lowest BCUT2D eigenvalue weighted by Gasteiger charge is -2.26. The van der Waals surface area contributed by atoms with Gasteiger partial charge in [0, 0.05) is 16.1 Å². The minimum atomic E-state index is -6.20. The summed E-state index contributed by atoms with van der Waals surface area (Å²) in [5.74, 6) is -9.56. The van der Waals surface area contributed by atoms with Crippen LogP contribution in [0.1, 0.15) is 15.9 Å². The molecule has 0 aromatic heterocycles. The zero-order valence-electron chi connectivity index (χ0n) is 13.9. The highest BCUT2D eigenvalue weighted by Gasteiger charge is 2.67. The molecule has 4 nitrogen and oxygen atoms in total. The van der Waals surface area contributed by atoms with E-state index in [1.54, 1.807) is 6.07 Å². The van der Waals surface area contributed by atoms with E-state index in [0.717, 1.165) is 18.2 Å². The molecule has 12 heteroatoms. The molecule has 29 heavy (non-hydrogen) atoms. The number of anilines is 1. The van der Waals surface area contributed by atoms with E-state index in [-0.39, 0.29) is 10.6 Å². The van der Waals surface area contributed by atoms with Gasteiger partial charge in [-0.25, -0.2) is 4.74 Å². The third-order valence-corrected chi connectivity index (χ3v) is 3.64. The van der Waals surface area contributed by atoms with Gasteiger partial charge in [-0.15, -0.1) is 13.2 Å². The molecule has 2 rings (SSSR count). The van der Waals surface area contributed by atoms with E-state index in [1.807, 2.05) is 0 Å². The maximum atomic E-state index is 13.6. The Bertz CT molecular complexity index is 917. The molecule has 0 radical (unpaired) electrons. The van der Waals surface area contributed by atoms with Crippen molar-refractivity contribution in [2.45, 2.75) is 18.4 Å². The fraction of sp³-hybridized carbons (Fsp3) is 0.176. The SMILES string of the molecule is O=C(c1ccccc1)c1cc(Cl)ccc1NC(=O)C(F)(F)C(F)(F)OC(F)(F)F. The lowest BCUT2D eigenvalue weighted by Crippen LogP contribution is -2.53. The Hall–Kier alpha value is -2.66. The summed E-state index contributed by atoms with van der Waals surface area (Å²) < 4.78 is 91.6. The summed E-state index contributed by atoms with van der Waals surface area (Å²) in [6.45, 7) is 0. The number of rotatable bonds is 6. The highest BCUT2D eigenvalue weighted by Crippen LogP contribution is 2.41. The molecule has 0 saturated heterocycles. The predicted octanol–water partition coefficient (Wildman–Crippen LogP) is 5.27. The van der Waals surface area contributed by atoms with Crippen LogP contribution in [-0.4, -0.2) is 30.1 Å². The summed E-state index contributed by atoms with van der Waals surface area (Å²) in [6.07, 6.45) is -12.3. The molecule has 0 fully saturated rings. The third kappa shape index (κ3) is 5.24. The molecule has 1 N–H and O–H groups in total. The second-order valence-electron chi connectivity index (χ2n) is 5.48. The number of ether oxygens (including phenoxy) is 1. The Morgan fingerprint density at radius 2 is 1.48 bits per heavy atom. The molecule has 0 aliphatic carbocycles. The summed E-state index contributed by atoms with van der Waals surface area (Å²) in [6, 6.07) is 10.1. The molecule has 0 aliphatic rings. The summed E-state index contributed by atoms with van der Waals surface area (Å²) in [5.41, 5.74) is -1.08. The van der Waals surface area contributed by atoms with Crippen LogP contribution in [-0.2, 0) is 9.53 Å². The first-order valence-corrected chi connectivity index (χ1v) is 7.86. The number of ketones is 1. The minimum Gasteiger partial charge on any atom is -0.320 e. The number of carbonyl (C=O) groups is 2. The van der Waals surface area contributed by atoms with Crippen LogP contribution >= 0.6 is 11.6 Å². The maximum absolute atomic E-state index is 13.6. The molecule has 0 atom stereocenters. The van der Waals surface area contributed by atoms with Crippen LogP contribution in [0.2, 0.25) is 5.02 Å². The van der Waals surface area contributed by atoms with Crippen LogP contribution < -0.4 is 5.32 Å². The average Bonchev–Trinajstić information content (AvgIpc) is 2.61. The largest absolute Gasteiger partial charge is 0.527 e. The van der Waals surface area contributed by atoms with Crippen molar-refractivity contribution in [3.8, 4) is 0 Å². The molecular formula is C17H9ClF7NO3. The predicted molar refractivity (Wildman–Crippen MR) is 87.0 cm³/mol. The van der Waals surface area contributed by atoms with E-state index < -0.39 is 41.3 Å². The molecule has 2 aromatic rings. The number of nitrogens with one attached hydrogen (secondary N) is 1. The van der Waals surface area contributed by atoms with E-state index in [4.69, 9.17) is 11.6 Å². The number of halogens is 8. The van der Waals surface area contributed by atoms with Crippen LogP contribution in [0.5, 0.6) is 0 Å². The number of hydrogen-bond acceptors (Lipinski definition) is 3. The van der Waals surface area contributed by atoms with Crippen LogP contribution in [0.15, 0.2) is 48.5 Å². The van der Waals surface area contributed by atoms with Gasteiger partial charge in [0.15, 0.2) is 5.78 Å². The summed E-state index contributed by atoms with van der Waals surface area (Å²) in [4.78, 5) is 24.1. The van der Waals surface area contributed by atoms with Crippen molar-refractivity contribution in [1.82, 2.24) is 0 Å². The Labute approximate surface area is 163 Å². The standard InChI is InChI=1S/C17H9ClF7NO3/c18-10-6-7-12(11(8-10)13(27)9-4-2-1-3-5-9)26-14(28)15(19,20)16(21,22)29-17(23,24)25/h1-8H,(H,26,28).